The molecule has 1 fully saturated rings. The normalized spacial score (nSPS) is 14.1. The van der Waals surface area contributed by atoms with Crippen molar-refractivity contribution in [2.75, 3.05) is 43.3 Å². The molecular formula is C30H28ClF2N9O3S. The van der Waals surface area contributed by atoms with E-state index in [2.05, 4.69) is 35.0 Å². The third-order valence-corrected chi connectivity index (χ3v) is 9.60. The van der Waals surface area contributed by atoms with Gasteiger partial charge < -0.3 is 15.1 Å². The van der Waals surface area contributed by atoms with Crippen LogP contribution in [0.3, 0.4) is 0 Å². The molecule has 4 heterocycles. The van der Waals surface area contributed by atoms with E-state index in [1.807, 2.05) is 7.05 Å². The molecule has 2 N–H and O–H groups in total. The number of pyridine rings is 1. The summed E-state index contributed by atoms with van der Waals surface area (Å²) >= 11 is 6.08. The van der Waals surface area contributed by atoms with E-state index in [1.165, 1.54) is 36.1 Å². The molecule has 0 radical (unpaired) electrons. The fraction of sp³-hybridized carbons (Fsp3) is 0.233. The monoisotopic (exact) mass is 667 g/mol. The van der Waals surface area contributed by atoms with Crippen LogP contribution < -0.4 is 10.0 Å². The van der Waals surface area contributed by atoms with Crippen molar-refractivity contribution < 1.29 is 22.0 Å². The maximum atomic E-state index is 15.7. The number of aryl methyl sites for hydroxylation is 1. The van der Waals surface area contributed by atoms with E-state index in [4.69, 9.17) is 11.6 Å². The average Bonchev–Trinajstić information content (AvgIpc) is 3.43. The largest absolute Gasteiger partial charge is 0.335 e. The van der Waals surface area contributed by atoms with Gasteiger partial charge in [0.15, 0.2) is 23.1 Å². The summed E-state index contributed by atoms with van der Waals surface area (Å²) in [5, 5.41) is 7.33. The van der Waals surface area contributed by atoms with Gasteiger partial charge in [0.25, 0.3) is 15.9 Å². The van der Waals surface area contributed by atoms with Crippen LogP contribution in [0.25, 0.3) is 16.9 Å². The van der Waals surface area contributed by atoms with E-state index in [9.17, 15) is 13.2 Å². The van der Waals surface area contributed by atoms with Crippen LogP contribution in [0.4, 0.5) is 26.0 Å². The van der Waals surface area contributed by atoms with Gasteiger partial charge in [-0.25, -0.2) is 36.8 Å². The number of aromatic nitrogens is 5. The molecular weight excluding hydrogens is 640 g/mol. The highest BCUT2D eigenvalue weighted by atomic mass is 35.5. The summed E-state index contributed by atoms with van der Waals surface area (Å²) in [5.41, 5.74) is 0.572. The highest BCUT2D eigenvalue weighted by Crippen LogP contribution is 2.32. The lowest BCUT2D eigenvalue weighted by Crippen LogP contribution is -2.47. The van der Waals surface area contributed by atoms with Gasteiger partial charge in [0.05, 0.1) is 16.1 Å². The minimum Gasteiger partial charge on any atom is -0.335 e. The number of nitrogens with one attached hydrogen (secondary N) is 2. The van der Waals surface area contributed by atoms with Crippen molar-refractivity contribution in [1.29, 1.82) is 0 Å². The zero-order valence-electron chi connectivity index (χ0n) is 24.9. The van der Waals surface area contributed by atoms with Gasteiger partial charge in [0.2, 0.25) is 0 Å². The Labute approximate surface area is 268 Å². The number of sulfonamides is 1. The van der Waals surface area contributed by atoms with Gasteiger partial charge in [0, 0.05) is 43.0 Å². The number of benzene rings is 2. The third-order valence-electron chi connectivity index (χ3n) is 7.68. The zero-order chi connectivity index (χ0) is 32.7. The van der Waals surface area contributed by atoms with E-state index < -0.39 is 33.0 Å². The van der Waals surface area contributed by atoms with E-state index >= 15 is 8.78 Å². The number of carbonyl (C=O) groups is 1. The lowest BCUT2D eigenvalue weighted by molar-refractivity contribution is 0.0657. The van der Waals surface area contributed by atoms with Gasteiger partial charge in [-0.05, 0) is 62.9 Å². The molecule has 1 amide bonds. The van der Waals surface area contributed by atoms with Crippen molar-refractivity contribution in [1.82, 2.24) is 34.5 Å². The molecule has 6 rings (SSSR count). The lowest BCUT2D eigenvalue weighted by Gasteiger charge is -2.32. The third kappa shape index (κ3) is 5.96. The van der Waals surface area contributed by atoms with E-state index in [0.29, 0.717) is 35.7 Å². The van der Waals surface area contributed by atoms with Crippen LogP contribution in [0.1, 0.15) is 21.6 Å². The summed E-state index contributed by atoms with van der Waals surface area (Å²) in [6, 6.07) is 9.48. The second kappa shape index (κ2) is 12.2. The number of amides is 1. The first-order valence-electron chi connectivity index (χ1n) is 14.1. The zero-order valence-corrected chi connectivity index (χ0v) is 26.5. The fourth-order valence-corrected chi connectivity index (χ4v) is 6.60. The Hall–Kier alpha value is -4.73. The summed E-state index contributed by atoms with van der Waals surface area (Å²) in [6.45, 7) is 6.03. The summed E-state index contributed by atoms with van der Waals surface area (Å²) in [6.07, 6.45) is 2.87. The Bertz CT molecular complexity index is 2100. The van der Waals surface area contributed by atoms with Crippen molar-refractivity contribution in [3.05, 3.63) is 88.5 Å². The number of piperazine rings is 1. The van der Waals surface area contributed by atoms with Gasteiger partial charge in [-0.15, -0.1) is 0 Å². The molecule has 238 valence electrons. The summed E-state index contributed by atoms with van der Waals surface area (Å²) in [5.74, 6) is -2.13. The minimum atomic E-state index is -4.28. The van der Waals surface area contributed by atoms with Crippen molar-refractivity contribution in [3.8, 4) is 5.82 Å². The van der Waals surface area contributed by atoms with Crippen molar-refractivity contribution in [2.45, 2.75) is 18.7 Å². The highest BCUT2D eigenvalue weighted by Gasteiger charge is 2.26. The molecule has 1 saturated heterocycles. The molecule has 1 aliphatic heterocycles. The number of rotatable bonds is 7. The smallest absolute Gasteiger partial charge is 0.274 e. The van der Waals surface area contributed by atoms with Crippen LogP contribution in [-0.4, -0.2) is 82.1 Å². The first-order valence-corrected chi connectivity index (χ1v) is 16.0. The van der Waals surface area contributed by atoms with Crippen LogP contribution in [0.15, 0.2) is 59.9 Å². The average molecular weight is 668 g/mol. The topological polar surface area (TPSA) is 138 Å². The molecule has 12 nitrogen and oxygen atoms in total. The molecule has 1 aliphatic rings. The molecule has 3 aromatic heterocycles. The number of carbonyl (C=O) groups excluding carboxylic acids is 1. The van der Waals surface area contributed by atoms with Gasteiger partial charge in [-0.2, -0.15) is 5.10 Å². The second-order valence-corrected chi connectivity index (χ2v) is 12.9. The molecule has 16 heteroatoms. The Balaban J connectivity index is 1.31. The number of anilines is 3. The van der Waals surface area contributed by atoms with Gasteiger partial charge in [0.1, 0.15) is 23.3 Å². The summed E-state index contributed by atoms with van der Waals surface area (Å²) in [7, 11) is -2.28. The van der Waals surface area contributed by atoms with Gasteiger partial charge >= 0.3 is 0 Å². The number of likely N-dealkylation sites (N-methyl/N-ethyl adjacent to an activating group) is 1. The predicted octanol–water partition coefficient (Wildman–Crippen LogP) is 4.69. The number of fused-ring (bicyclic) bond motifs is 1. The number of halogens is 3. The number of hydrogen-bond acceptors (Lipinski definition) is 9. The maximum absolute atomic E-state index is 15.7. The Morgan fingerprint density at radius 2 is 1.76 bits per heavy atom. The molecule has 0 atom stereocenters. The molecule has 46 heavy (non-hydrogen) atoms. The maximum Gasteiger partial charge on any atom is 0.274 e. The molecule has 0 aliphatic carbocycles. The van der Waals surface area contributed by atoms with E-state index in [1.54, 1.807) is 30.2 Å². The van der Waals surface area contributed by atoms with Crippen molar-refractivity contribution in [3.63, 3.8) is 0 Å². The Morgan fingerprint density at radius 3 is 2.52 bits per heavy atom. The quantitative estimate of drug-likeness (QED) is 0.253. The molecule has 0 unspecified atom stereocenters. The number of nitrogens with zero attached hydrogens (tertiary/aromatic N) is 7. The molecule has 2 aromatic carbocycles. The molecule has 5 aromatic rings. The van der Waals surface area contributed by atoms with Crippen LogP contribution in [0.2, 0.25) is 5.02 Å². The standard InChI is InChI=1S/C30H28ClF2N9O3S/c1-17-15-42(38-26(17)30(43)41-13-11-40(3)12-14-41)24-10-9-22-28(36-24)29(35-16-34-22)37-27-20(32)7-8-21(25(27)33)39-46(44,45)23-6-4-5-19(31)18(23)2/h4-10,15-16,39H,11-14H2,1-3H3,(H,34,35,37). The lowest BCUT2D eigenvalue weighted by atomic mass is 10.2. The Morgan fingerprint density at radius 1 is 1.00 bits per heavy atom. The van der Waals surface area contributed by atoms with E-state index in [0.717, 1.165) is 25.2 Å². The van der Waals surface area contributed by atoms with Crippen molar-refractivity contribution in [2.24, 2.45) is 0 Å². The Kier molecular flexibility index (Phi) is 8.31. The summed E-state index contributed by atoms with van der Waals surface area (Å²) in [4.78, 5) is 29.9. The van der Waals surface area contributed by atoms with Crippen LogP contribution in [0.5, 0.6) is 0 Å². The first kappa shape index (κ1) is 31.3. The second-order valence-electron chi connectivity index (χ2n) is 10.8. The van der Waals surface area contributed by atoms with Crippen LogP contribution in [0, 0.1) is 25.5 Å². The fourth-order valence-electron chi connectivity index (χ4n) is 5.04. The van der Waals surface area contributed by atoms with Gasteiger partial charge in [-0.3, -0.25) is 9.52 Å². The minimum absolute atomic E-state index is 0.0482. The molecule has 0 saturated carbocycles. The van der Waals surface area contributed by atoms with Crippen molar-refractivity contribution >= 4 is 55.8 Å². The molecule has 0 spiro atoms. The van der Waals surface area contributed by atoms with Crippen LogP contribution >= 0.6 is 11.6 Å². The van der Waals surface area contributed by atoms with Crippen LogP contribution in [-0.2, 0) is 10.0 Å². The SMILES string of the molecule is Cc1cn(-c2ccc3ncnc(Nc4c(F)ccc(NS(=O)(=O)c5cccc(Cl)c5C)c4F)c3n2)nc1C(=O)N1CCN(C)CC1. The number of hydrogen-bond donors (Lipinski definition) is 2. The summed E-state index contributed by atoms with van der Waals surface area (Å²) < 4.78 is 60.5. The predicted molar refractivity (Wildman–Crippen MR) is 169 cm³/mol. The van der Waals surface area contributed by atoms with E-state index in [-0.39, 0.29) is 32.7 Å². The molecule has 0 bridgehead atoms. The van der Waals surface area contributed by atoms with Gasteiger partial charge in [-0.1, -0.05) is 17.7 Å². The highest BCUT2D eigenvalue weighted by molar-refractivity contribution is 7.92. The first-order chi connectivity index (χ1) is 21.9.